The fourth-order valence-electron chi connectivity index (χ4n) is 1.84. The third kappa shape index (κ3) is 4.67. The second-order valence-corrected chi connectivity index (χ2v) is 6.79. The Morgan fingerprint density at radius 3 is 2.32 bits per heavy atom. The monoisotopic (exact) mass is 350 g/mol. The molecule has 7 nitrogen and oxygen atoms in total. The van der Waals surface area contributed by atoms with Crippen molar-refractivity contribution in [2.75, 3.05) is 37.9 Å². The first-order valence-corrected chi connectivity index (χ1v) is 8.57. The molecule has 9 heteroatoms. The molecule has 1 N–H and O–H groups in total. The van der Waals surface area contributed by atoms with Gasteiger partial charge in [-0.25, -0.2) is 8.42 Å². The molecule has 0 heterocycles. The molecule has 0 aromatic heterocycles. The molecular weight excluding hydrogens is 332 g/mol. The Balaban J connectivity index is 3.26. The highest BCUT2D eigenvalue weighted by Crippen LogP contribution is 2.38. The van der Waals surface area contributed by atoms with Crippen molar-refractivity contribution in [3.63, 3.8) is 0 Å². The number of anilines is 1. The van der Waals surface area contributed by atoms with Gasteiger partial charge in [0.1, 0.15) is 11.5 Å². The Bertz CT molecular complexity index is 648. The van der Waals surface area contributed by atoms with Crippen LogP contribution in [0.5, 0.6) is 11.5 Å². The second kappa shape index (κ2) is 7.55. The van der Waals surface area contributed by atoms with Gasteiger partial charge in [-0.1, -0.05) is 11.6 Å². The molecule has 22 heavy (non-hydrogen) atoms. The van der Waals surface area contributed by atoms with Gasteiger partial charge in [0, 0.05) is 25.6 Å². The number of sulfonamides is 1. The lowest BCUT2D eigenvalue weighted by atomic mass is 10.2. The van der Waals surface area contributed by atoms with Gasteiger partial charge in [-0.2, -0.15) is 0 Å². The Morgan fingerprint density at radius 2 is 1.86 bits per heavy atom. The van der Waals surface area contributed by atoms with Gasteiger partial charge < -0.3 is 14.8 Å². The number of ether oxygens (including phenoxy) is 2. The van der Waals surface area contributed by atoms with Crippen molar-refractivity contribution >= 4 is 33.2 Å². The average molecular weight is 351 g/mol. The van der Waals surface area contributed by atoms with Crippen molar-refractivity contribution in [3.05, 3.63) is 17.2 Å². The minimum atomic E-state index is -3.58. The molecule has 0 saturated carbocycles. The lowest BCUT2D eigenvalue weighted by Crippen LogP contribution is -2.37. The smallest absolute Gasteiger partial charge is 0.232 e. The Hall–Kier alpha value is -1.67. The standard InChI is InChI=1S/C13H19ClN2O5S/c1-9(17)15-5-6-16(22(4,18)19)11-8-12(20-2)10(14)7-13(11)21-3/h7-8H,5-6H2,1-4H3,(H,15,17). The van der Waals surface area contributed by atoms with Crippen LogP contribution in [0.25, 0.3) is 0 Å². The SMILES string of the molecule is COc1cc(N(CCNC(C)=O)S(C)(=O)=O)c(OC)cc1Cl. The van der Waals surface area contributed by atoms with Crippen molar-refractivity contribution in [1.29, 1.82) is 0 Å². The quantitative estimate of drug-likeness (QED) is 0.800. The molecule has 0 aliphatic carbocycles. The molecular formula is C13H19ClN2O5S. The first-order chi connectivity index (χ1) is 10.2. The zero-order valence-corrected chi connectivity index (χ0v) is 14.4. The van der Waals surface area contributed by atoms with E-state index in [4.69, 9.17) is 21.1 Å². The Kier molecular flexibility index (Phi) is 6.31. The van der Waals surface area contributed by atoms with Gasteiger partial charge in [-0.05, 0) is 0 Å². The van der Waals surface area contributed by atoms with Gasteiger partial charge >= 0.3 is 0 Å². The molecule has 0 aliphatic rings. The third-order valence-corrected chi connectivity index (χ3v) is 4.29. The minimum Gasteiger partial charge on any atom is -0.495 e. The van der Waals surface area contributed by atoms with Crippen molar-refractivity contribution in [1.82, 2.24) is 5.32 Å². The Morgan fingerprint density at radius 1 is 1.27 bits per heavy atom. The van der Waals surface area contributed by atoms with Crippen LogP contribution in [0.2, 0.25) is 5.02 Å². The lowest BCUT2D eigenvalue weighted by molar-refractivity contribution is -0.118. The lowest BCUT2D eigenvalue weighted by Gasteiger charge is -2.25. The largest absolute Gasteiger partial charge is 0.495 e. The summed E-state index contributed by atoms with van der Waals surface area (Å²) in [7, 11) is -0.740. The fraction of sp³-hybridized carbons (Fsp3) is 0.462. The summed E-state index contributed by atoms with van der Waals surface area (Å²) < 4.78 is 35.5. The molecule has 0 bridgehead atoms. The molecule has 0 spiro atoms. The summed E-state index contributed by atoms with van der Waals surface area (Å²) in [5.74, 6) is 0.374. The molecule has 0 atom stereocenters. The molecule has 0 aliphatic heterocycles. The summed E-state index contributed by atoms with van der Waals surface area (Å²) in [4.78, 5) is 10.9. The van der Waals surface area contributed by atoms with Crippen molar-refractivity contribution in [2.24, 2.45) is 0 Å². The molecule has 124 valence electrons. The van der Waals surface area contributed by atoms with Gasteiger partial charge in [0.15, 0.2) is 0 Å². The third-order valence-electron chi connectivity index (χ3n) is 2.81. The molecule has 0 saturated heterocycles. The van der Waals surface area contributed by atoms with Crippen molar-refractivity contribution < 1.29 is 22.7 Å². The van der Waals surface area contributed by atoms with E-state index < -0.39 is 10.0 Å². The minimum absolute atomic E-state index is 0.0551. The number of carbonyl (C=O) groups is 1. The first kappa shape index (κ1) is 18.4. The predicted molar refractivity (Wildman–Crippen MR) is 85.4 cm³/mol. The van der Waals surface area contributed by atoms with Gasteiger partial charge in [-0.3, -0.25) is 9.10 Å². The van der Waals surface area contributed by atoms with E-state index in [2.05, 4.69) is 5.32 Å². The van der Waals surface area contributed by atoms with Gasteiger partial charge in [0.25, 0.3) is 0 Å². The van der Waals surface area contributed by atoms with Crippen LogP contribution < -0.4 is 19.1 Å². The van der Waals surface area contributed by atoms with Gasteiger partial charge in [0.05, 0.1) is 37.7 Å². The van der Waals surface area contributed by atoms with Crippen LogP contribution in [0, 0.1) is 0 Å². The van der Waals surface area contributed by atoms with Gasteiger partial charge in [-0.15, -0.1) is 0 Å². The van der Waals surface area contributed by atoms with Crippen molar-refractivity contribution in [3.8, 4) is 11.5 Å². The summed E-state index contributed by atoms with van der Waals surface area (Å²) in [5, 5.41) is 2.86. The zero-order valence-electron chi connectivity index (χ0n) is 12.8. The summed E-state index contributed by atoms with van der Waals surface area (Å²) in [5.41, 5.74) is 0.289. The number of amides is 1. The number of benzene rings is 1. The number of hydrogen-bond donors (Lipinski definition) is 1. The summed E-state index contributed by atoms with van der Waals surface area (Å²) in [6.45, 7) is 1.58. The molecule has 1 aromatic rings. The predicted octanol–water partition coefficient (Wildman–Crippen LogP) is 1.26. The maximum Gasteiger partial charge on any atom is 0.232 e. The fourth-order valence-corrected chi connectivity index (χ4v) is 2.99. The average Bonchev–Trinajstić information content (AvgIpc) is 2.42. The van der Waals surface area contributed by atoms with E-state index in [1.807, 2.05) is 0 Å². The summed E-state index contributed by atoms with van der Waals surface area (Å²) >= 11 is 6.02. The second-order valence-electron chi connectivity index (χ2n) is 4.48. The molecule has 0 radical (unpaired) electrons. The molecule has 0 unspecified atom stereocenters. The zero-order chi connectivity index (χ0) is 16.9. The summed E-state index contributed by atoms with van der Waals surface area (Å²) in [6.07, 6.45) is 1.07. The number of hydrogen-bond acceptors (Lipinski definition) is 5. The highest BCUT2D eigenvalue weighted by Gasteiger charge is 2.23. The normalized spacial score (nSPS) is 11.0. The van der Waals surface area contributed by atoms with Crippen LogP contribution in [-0.4, -0.2) is 47.9 Å². The van der Waals surface area contributed by atoms with E-state index in [9.17, 15) is 13.2 Å². The number of nitrogens with one attached hydrogen (secondary N) is 1. The van der Waals surface area contributed by atoms with E-state index in [0.717, 1.165) is 10.6 Å². The van der Waals surface area contributed by atoms with Gasteiger partial charge in [0.2, 0.25) is 15.9 Å². The highest BCUT2D eigenvalue weighted by atomic mass is 35.5. The van der Waals surface area contributed by atoms with Crippen LogP contribution in [0.3, 0.4) is 0 Å². The van der Waals surface area contributed by atoms with Crippen LogP contribution in [0.1, 0.15) is 6.92 Å². The number of rotatable bonds is 7. The highest BCUT2D eigenvalue weighted by molar-refractivity contribution is 7.92. The number of methoxy groups -OCH3 is 2. The van der Waals surface area contributed by atoms with E-state index in [0.29, 0.717) is 16.5 Å². The van der Waals surface area contributed by atoms with Crippen molar-refractivity contribution in [2.45, 2.75) is 6.92 Å². The molecule has 1 rings (SSSR count). The van der Waals surface area contributed by atoms with Crippen LogP contribution in [0.15, 0.2) is 12.1 Å². The number of carbonyl (C=O) groups excluding carboxylic acids is 1. The molecule has 1 aromatic carbocycles. The van der Waals surface area contributed by atoms with E-state index in [1.165, 1.54) is 33.3 Å². The van der Waals surface area contributed by atoms with Crippen LogP contribution in [0.4, 0.5) is 5.69 Å². The van der Waals surface area contributed by atoms with Crippen LogP contribution in [-0.2, 0) is 14.8 Å². The van der Waals surface area contributed by atoms with E-state index in [-0.39, 0.29) is 24.7 Å². The molecule has 1 amide bonds. The summed E-state index contributed by atoms with van der Waals surface area (Å²) in [6, 6.07) is 2.96. The molecule has 0 fully saturated rings. The Labute approximate surface area is 135 Å². The topological polar surface area (TPSA) is 84.9 Å². The maximum absolute atomic E-state index is 12.0. The maximum atomic E-state index is 12.0. The first-order valence-electron chi connectivity index (χ1n) is 6.34. The number of nitrogens with zero attached hydrogens (tertiary/aromatic N) is 1. The van der Waals surface area contributed by atoms with E-state index >= 15 is 0 Å². The van der Waals surface area contributed by atoms with E-state index in [1.54, 1.807) is 0 Å². The van der Waals surface area contributed by atoms with Crippen LogP contribution >= 0.6 is 11.6 Å². The number of halogens is 1.